The Kier molecular flexibility index (Phi) is 5.34. The summed E-state index contributed by atoms with van der Waals surface area (Å²) in [6, 6.07) is 9.60. The van der Waals surface area contributed by atoms with E-state index in [1.54, 1.807) is 47.5 Å². The number of nitrogens with one attached hydrogen (secondary N) is 1. The fourth-order valence-electron chi connectivity index (χ4n) is 3.09. The molecule has 1 aromatic carbocycles. The zero-order chi connectivity index (χ0) is 21.1. The Morgan fingerprint density at radius 1 is 1.07 bits per heavy atom. The van der Waals surface area contributed by atoms with Gasteiger partial charge in [0, 0.05) is 23.5 Å². The molecule has 30 heavy (non-hydrogen) atoms. The maximum atomic E-state index is 13.1. The molecular weight excluding hydrogens is 385 g/mol. The van der Waals surface area contributed by atoms with Crippen LogP contribution in [0.1, 0.15) is 23.1 Å². The molecule has 3 heterocycles. The molecular formula is C21H20FN7O. The predicted octanol–water partition coefficient (Wildman–Crippen LogP) is 2.79. The van der Waals surface area contributed by atoms with Crippen molar-refractivity contribution >= 4 is 5.91 Å². The molecule has 4 aromatic rings. The Balaban J connectivity index is 1.46. The quantitative estimate of drug-likeness (QED) is 0.533. The van der Waals surface area contributed by atoms with Gasteiger partial charge < -0.3 is 5.32 Å². The van der Waals surface area contributed by atoms with Gasteiger partial charge >= 0.3 is 0 Å². The Bertz CT molecular complexity index is 1150. The molecule has 152 valence electrons. The lowest BCUT2D eigenvalue weighted by Crippen LogP contribution is -2.37. The van der Waals surface area contributed by atoms with Gasteiger partial charge in [0.25, 0.3) is 5.91 Å². The minimum absolute atomic E-state index is 0.209. The van der Waals surface area contributed by atoms with E-state index < -0.39 is 0 Å². The van der Waals surface area contributed by atoms with Crippen molar-refractivity contribution in [1.82, 2.24) is 35.1 Å². The highest BCUT2D eigenvalue weighted by molar-refractivity contribution is 5.95. The average molecular weight is 405 g/mol. The van der Waals surface area contributed by atoms with Gasteiger partial charge in [0.05, 0.1) is 25.1 Å². The maximum absolute atomic E-state index is 13.1. The molecule has 0 saturated carbocycles. The van der Waals surface area contributed by atoms with Gasteiger partial charge in [-0.1, -0.05) is 12.1 Å². The Labute approximate surface area is 172 Å². The van der Waals surface area contributed by atoms with Crippen LogP contribution >= 0.6 is 0 Å². The molecule has 0 aliphatic heterocycles. The molecule has 0 radical (unpaired) electrons. The fourth-order valence-corrected chi connectivity index (χ4v) is 3.09. The molecule has 1 N–H and O–H groups in total. The number of hydrogen-bond acceptors (Lipinski definition) is 5. The van der Waals surface area contributed by atoms with Crippen molar-refractivity contribution in [3.05, 3.63) is 78.4 Å². The van der Waals surface area contributed by atoms with E-state index >= 15 is 0 Å². The van der Waals surface area contributed by atoms with E-state index in [9.17, 15) is 9.18 Å². The van der Waals surface area contributed by atoms with Gasteiger partial charge in [0.1, 0.15) is 11.5 Å². The molecule has 0 fully saturated rings. The second-order valence-electron chi connectivity index (χ2n) is 6.97. The second kappa shape index (κ2) is 8.24. The van der Waals surface area contributed by atoms with Gasteiger partial charge in [-0.15, -0.1) is 4.80 Å². The highest BCUT2D eigenvalue weighted by Crippen LogP contribution is 2.19. The van der Waals surface area contributed by atoms with Crippen LogP contribution in [0.5, 0.6) is 0 Å². The third-order valence-corrected chi connectivity index (χ3v) is 4.51. The summed E-state index contributed by atoms with van der Waals surface area (Å²) < 4.78 is 14.8. The summed E-state index contributed by atoms with van der Waals surface area (Å²) >= 11 is 0. The first-order chi connectivity index (χ1) is 14.5. The number of aryl methyl sites for hydroxylation is 1. The van der Waals surface area contributed by atoms with E-state index in [2.05, 4.69) is 25.6 Å². The first kappa shape index (κ1) is 19.4. The SMILES string of the molecule is Cc1ccc(-n2nccn2)c(C(=O)N[C@@H](C)Cn2cc(-c3ccc(F)cc3)cn2)n1. The summed E-state index contributed by atoms with van der Waals surface area (Å²) in [6.07, 6.45) is 6.66. The van der Waals surface area contributed by atoms with Crippen molar-refractivity contribution in [2.75, 3.05) is 0 Å². The first-order valence-corrected chi connectivity index (χ1v) is 9.43. The molecule has 1 atom stereocenters. The lowest BCUT2D eigenvalue weighted by molar-refractivity contribution is 0.0930. The van der Waals surface area contributed by atoms with Gasteiger partial charge in [0.2, 0.25) is 0 Å². The second-order valence-corrected chi connectivity index (χ2v) is 6.97. The van der Waals surface area contributed by atoms with Crippen LogP contribution in [0.4, 0.5) is 4.39 Å². The van der Waals surface area contributed by atoms with E-state index in [4.69, 9.17) is 0 Å². The molecule has 0 aliphatic carbocycles. The van der Waals surface area contributed by atoms with Crippen molar-refractivity contribution in [1.29, 1.82) is 0 Å². The van der Waals surface area contributed by atoms with Crippen LogP contribution in [0.15, 0.2) is 61.2 Å². The van der Waals surface area contributed by atoms with E-state index in [1.807, 2.05) is 20.0 Å². The number of carbonyl (C=O) groups is 1. The molecule has 0 saturated heterocycles. The summed E-state index contributed by atoms with van der Waals surface area (Å²) in [5.41, 5.74) is 3.24. The van der Waals surface area contributed by atoms with Crippen LogP contribution in [-0.2, 0) is 6.54 Å². The molecule has 1 amide bonds. The number of amides is 1. The van der Waals surface area contributed by atoms with Gasteiger partial charge in [-0.25, -0.2) is 9.37 Å². The number of benzene rings is 1. The Morgan fingerprint density at radius 2 is 1.80 bits per heavy atom. The van der Waals surface area contributed by atoms with Crippen LogP contribution in [-0.4, -0.2) is 41.7 Å². The van der Waals surface area contributed by atoms with Crippen molar-refractivity contribution in [3.8, 4) is 16.8 Å². The van der Waals surface area contributed by atoms with Crippen molar-refractivity contribution in [2.45, 2.75) is 26.4 Å². The minimum atomic E-state index is -0.315. The lowest BCUT2D eigenvalue weighted by atomic mass is 10.1. The standard InChI is InChI=1S/C21H20FN7O/c1-14-3-8-19(29-23-9-10-24-29)20(26-14)21(30)27-15(2)12-28-13-17(11-25-28)16-4-6-18(22)7-5-16/h3-11,13,15H,12H2,1-2H3,(H,27,30)/t15-/m0/s1. The van der Waals surface area contributed by atoms with Crippen molar-refractivity contribution in [2.24, 2.45) is 0 Å². The highest BCUT2D eigenvalue weighted by atomic mass is 19.1. The fraction of sp³-hybridized carbons (Fsp3) is 0.190. The van der Waals surface area contributed by atoms with Gasteiger partial charge in [-0.2, -0.15) is 15.3 Å². The summed E-state index contributed by atoms with van der Waals surface area (Å²) in [7, 11) is 0. The molecule has 0 spiro atoms. The van der Waals surface area contributed by atoms with E-state index in [0.717, 1.165) is 16.8 Å². The molecule has 0 aliphatic rings. The molecule has 3 aromatic heterocycles. The molecule has 0 unspecified atom stereocenters. The van der Waals surface area contributed by atoms with Gasteiger partial charge in [0.15, 0.2) is 5.69 Å². The summed E-state index contributed by atoms with van der Waals surface area (Å²) in [5, 5.41) is 15.5. The normalized spacial score (nSPS) is 12.0. The number of nitrogens with zero attached hydrogens (tertiary/aromatic N) is 6. The van der Waals surface area contributed by atoms with E-state index in [0.29, 0.717) is 12.2 Å². The number of carbonyl (C=O) groups excluding carboxylic acids is 1. The number of hydrogen-bond donors (Lipinski definition) is 1. The summed E-state index contributed by atoms with van der Waals surface area (Å²) in [5.74, 6) is -0.596. The number of rotatable bonds is 6. The monoisotopic (exact) mass is 405 g/mol. The van der Waals surface area contributed by atoms with Crippen molar-refractivity contribution < 1.29 is 9.18 Å². The Hall–Kier alpha value is -3.88. The minimum Gasteiger partial charge on any atom is -0.346 e. The van der Waals surface area contributed by atoms with Crippen LogP contribution in [0.25, 0.3) is 16.8 Å². The van der Waals surface area contributed by atoms with Crippen molar-refractivity contribution in [3.63, 3.8) is 0 Å². The van der Waals surface area contributed by atoms with E-state index in [-0.39, 0.29) is 23.5 Å². The molecule has 8 nitrogen and oxygen atoms in total. The smallest absolute Gasteiger partial charge is 0.272 e. The van der Waals surface area contributed by atoms with Crippen LogP contribution < -0.4 is 5.32 Å². The number of halogens is 1. The molecule has 9 heteroatoms. The lowest BCUT2D eigenvalue weighted by Gasteiger charge is -2.15. The molecule has 4 rings (SSSR count). The largest absolute Gasteiger partial charge is 0.346 e. The Morgan fingerprint density at radius 3 is 2.53 bits per heavy atom. The van der Waals surface area contributed by atoms with Crippen LogP contribution in [0.3, 0.4) is 0 Å². The average Bonchev–Trinajstić information content (AvgIpc) is 3.41. The maximum Gasteiger partial charge on any atom is 0.272 e. The zero-order valence-electron chi connectivity index (χ0n) is 16.5. The highest BCUT2D eigenvalue weighted by Gasteiger charge is 2.18. The number of aromatic nitrogens is 6. The van der Waals surface area contributed by atoms with Gasteiger partial charge in [-0.3, -0.25) is 9.48 Å². The molecule has 0 bridgehead atoms. The van der Waals surface area contributed by atoms with Gasteiger partial charge in [-0.05, 0) is 43.7 Å². The van der Waals surface area contributed by atoms with E-state index in [1.165, 1.54) is 16.9 Å². The predicted molar refractivity (Wildman–Crippen MR) is 108 cm³/mol. The number of pyridine rings is 1. The zero-order valence-corrected chi connectivity index (χ0v) is 16.5. The topological polar surface area (TPSA) is 90.5 Å². The summed E-state index contributed by atoms with van der Waals surface area (Å²) in [6.45, 7) is 4.17. The summed E-state index contributed by atoms with van der Waals surface area (Å²) in [4.78, 5) is 18.6. The van der Waals surface area contributed by atoms with Crippen LogP contribution in [0, 0.1) is 12.7 Å². The first-order valence-electron chi connectivity index (χ1n) is 9.43. The third kappa shape index (κ3) is 4.24. The van der Waals surface area contributed by atoms with Crippen LogP contribution in [0.2, 0.25) is 0 Å². The third-order valence-electron chi connectivity index (χ3n) is 4.51.